The van der Waals surface area contributed by atoms with Crippen LogP contribution in [0.1, 0.15) is 13.3 Å². The molecule has 0 heterocycles. The molecule has 0 aromatic heterocycles. The fourth-order valence-electron chi connectivity index (χ4n) is 0.402. The third-order valence-corrected chi connectivity index (χ3v) is 1.13. The summed E-state index contributed by atoms with van der Waals surface area (Å²) in [4.78, 5) is 10.2. The summed E-state index contributed by atoms with van der Waals surface area (Å²) < 4.78 is 28.2. The highest BCUT2D eigenvalue weighted by Gasteiger charge is 1.92. The van der Waals surface area contributed by atoms with Gasteiger partial charge in [-0.3, -0.25) is 4.79 Å². The second-order valence-electron chi connectivity index (χ2n) is 1.72. The van der Waals surface area contributed by atoms with Gasteiger partial charge in [-0.05, 0) is 0 Å². The average molecular weight is 181 g/mol. The zero-order chi connectivity index (χ0) is 8.69. The number of rotatable bonds is 5. The number of ether oxygens (including phenoxy) is 1. The van der Waals surface area contributed by atoms with Crippen molar-refractivity contribution in [2.45, 2.75) is 13.3 Å². The van der Waals surface area contributed by atoms with E-state index in [0.717, 1.165) is 0 Å². The van der Waals surface area contributed by atoms with Crippen LogP contribution < -0.4 is 0 Å². The second kappa shape index (κ2) is 6.26. The Labute approximate surface area is 67.2 Å². The highest BCUT2D eigenvalue weighted by molar-refractivity contribution is 7.74. The molecule has 66 valence electrons. The second-order valence-corrected chi connectivity index (χ2v) is 2.36. The van der Waals surface area contributed by atoms with Crippen LogP contribution in [0.5, 0.6) is 0 Å². The summed E-state index contributed by atoms with van der Waals surface area (Å²) in [5.74, 6) is -0.381. The van der Waals surface area contributed by atoms with E-state index in [1.807, 2.05) is 0 Å². The Balaban J connectivity index is 3.03. The summed E-state index contributed by atoms with van der Waals surface area (Å²) in [5, 5.41) is 0. The van der Waals surface area contributed by atoms with Crippen molar-refractivity contribution in [2.24, 2.45) is 0 Å². The molecule has 0 saturated carbocycles. The van der Waals surface area contributed by atoms with Crippen LogP contribution in [0.3, 0.4) is 0 Å². The smallest absolute Gasteiger partial charge is 0.302 e. The van der Waals surface area contributed by atoms with Crippen molar-refractivity contribution >= 4 is 17.3 Å². The SMILES string of the molecule is CC(=O)OCCCOS(=O)[O-]. The summed E-state index contributed by atoms with van der Waals surface area (Å²) in [7, 11) is 0. The van der Waals surface area contributed by atoms with Gasteiger partial charge in [-0.1, -0.05) is 0 Å². The Morgan fingerprint density at radius 3 is 2.64 bits per heavy atom. The van der Waals surface area contributed by atoms with Crippen molar-refractivity contribution in [1.29, 1.82) is 0 Å². The molecular formula is C5H9O5S-. The predicted molar refractivity (Wildman–Crippen MR) is 36.1 cm³/mol. The minimum Gasteiger partial charge on any atom is -0.750 e. The highest BCUT2D eigenvalue weighted by Crippen LogP contribution is 1.86. The van der Waals surface area contributed by atoms with E-state index in [0.29, 0.717) is 6.42 Å². The maximum absolute atomic E-state index is 10.2. The molecule has 0 bridgehead atoms. The van der Waals surface area contributed by atoms with Gasteiger partial charge in [-0.15, -0.1) is 0 Å². The Hall–Kier alpha value is -0.460. The van der Waals surface area contributed by atoms with Crippen LogP contribution in [0.4, 0.5) is 0 Å². The molecule has 11 heavy (non-hydrogen) atoms. The zero-order valence-corrected chi connectivity index (χ0v) is 6.89. The monoisotopic (exact) mass is 181 g/mol. The molecule has 0 aliphatic heterocycles. The summed E-state index contributed by atoms with van der Waals surface area (Å²) in [6, 6.07) is 0. The Bertz CT molecular complexity index is 130. The lowest BCUT2D eigenvalue weighted by atomic mass is 10.5. The molecule has 0 amide bonds. The van der Waals surface area contributed by atoms with E-state index < -0.39 is 11.4 Å². The van der Waals surface area contributed by atoms with Gasteiger partial charge >= 0.3 is 5.97 Å². The molecule has 1 unspecified atom stereocenters. The van der Waals surface area contributed by atoms with Crippen molar-refractivity contribution < 1.29 is 22.5 Å². The third-order valence-electron chi connectivity index (χ3n) is 0.774. The maximum atomic E-state index is 10.2. The van der Waals surface area contributed by atoms with Crippen molar-refractivity contribution in [3.05, 3.63) is 0 Å². The van der Waals surface area contributed by atoms with Crippen LogP contribution in [0.2, 0.25) is 0 Å². The van der Waals surface area contributed by atoms with Gasteiger partial charge in [0.2, 0.25) is 0 Å². The van der Waals surface area contributed by atoms with Gasteiger partial charge < -0.3 is 13.5 Å². The van der Waals surface area contributed by atoms with E-state index in [2.05, 4.69) is 8.92 Å². The normalized spacial score (nSPS) is 12.5. The predicted octanol–water partition coefficient (Wildman–Crippen LogP) is -0.250. The fourth-order valence-corrected chi connectivity index (χ4v) is 0.656. The van der Waals surface area contributed by atoms with Crippen LogP contribution in [0.15, 0.2) is 0 Å². The van der Waals surface area contributed by atoms with Gasteiger partial charge in [0.1, 0.15) is 0 Å². The molecule has 0 fully saturated rings. The van der Waals surface area contributed by atoms with Crippen LogP contribution >= 0.6 is 0 Å². The number of hydrogen-bond donors (Lipinski definition) is 0. The Kier molecular flexibility index (Phi) is 6.00. The first kappa shape index (κ1) is 10.5. The third kappa shape index (κ3) is 9.54. The topological polar surface area (TPSA) is 75.7 Å². The van der Waals surface area contributed by atoms with Crippen molar-refractivity contribution in [2.75, 3.05) is 13.2 Å². The minimum atomic E-state index is -2.47. The average Bonchev–Trinajstić information content (AvgIpc) is 1.85. The largest absolute Gasteiger partial charge is 0.750 e. The molecular weight excluding hydrogens is 172 g/mol. The molecule has 0 aromatic rings. The number of carbonyl (C=O) groups excluding carboxylic acids is 1. The van der Waals surface area contributed by atoms with E-state index in [9.17, 15) is 13.6 Å². The standard InChI is InChI=1S/C5H10O5S/c1-5(6)9-3-2-4-10-11(7)8/h2-4H2,1H3,(H,7,8)/p-1. The van der Waals surface area contributed by atoms with Gasteiger partial charge in [0.05, 0.1) is 24.6 Å². The molecule has 0 rings (SSSR count). The number of esters is 1. The maximum Gasteiger partial charge on any atom is 0.302 e. The molecule has 0 N–H and O–H groups in total. The lowest BCUT2D eigenvalue weighted by Crippen LogP contribution is -2.05. The van der Waals surface area contributed by atoms with E-state index in [1.165, 1.54) is 6.92 Å². The first-order valence-electron chi connectivity index (χ1n) is 2.99. The first-order chi connectivity index (χ1) is 5.13. The summed E-state index contributed by atoms with van der Waals surface area (Å²) >= 11 is -2.47. The van der Waals surface area contributed by atoms with Crippen molar-refractivity contribution in [3.63, 3.8) is 0 Å². The van der Waals surface area contributed by atoms with Gasteiger partial charge in [0, 0.05) is 13.3 Å². The molecule has 0 spiro atoms. The molecule has 0 aliphatic rings. The molecule has 0 aliphatic carbocycles. The van der Waals surface area contributed by atoms with Gasteiger partial charge in [-0.25, -0.2) is 4.21 Å². The van der Waals surface area contributed by atoms with Gasteiger partial charge in [0.15, 0.2) is 0 Å². The molecule has 5 nitrogen and oxygen atoms in total. The van der Waals surface area contributed by atoms with Gasteiger partial charge in [-0.2, -0.15) is 0 Å². The highest BCUT2D eigenvalue weighted by atomic mass is 32.2. The van der Waals surface area contributed by atoms with Crippen LogP contribution in [-0.2, 0) is 25.1 Å². The van der Waals surface area contributed by atoms with Crippen molar-refractivity contribution in [1.82, 2.24) is 0 Å². The molecule has 0 radical (unpaired) electrons. The fraction of sp³-hybridized carbons (Fsp3) is 0.800. The van der Waals surface area contributed by atoms with E-state index >= 15 is 0 Å². The van der Waals surface area contributed by atoms with Crippen LogP contribution in [0.25, 0.3) is 0 Å². The zero-order valence-electron chi connectivity index (χ0n) is 6.07. The molecule has 0 saturated heterocycles. The van der Waals surface area contributed by atoms with E-state index in [-0.39, 0.29) is 19.2 Å². The number of carbonyl (C=O) groups is 1. The summed E-state index contributed by atoms with van der Waals surface area (Å²) in [6.45, 7) is 1.52. The van der Waals surface area contributed by atoms with Crippen LogP contribution in [-0.4, -0.2) is 27.9 Å². The van der Waals surface area contributed by atoms with Crippen molar-refractivity contribution in [3.8, 4) is 0 Å². The summed E-state index contributed by atoms with van der Waals surface area (Å²) in [5.41, 5.74) is 0. The Morgan fingerprint density at radius 1 is 1.55 bits per heavy atom. The van der Waals surface area contributed by atoms with E-state index in [1.54, 1.807) is 0 Å². The first-order valence-corrected chi connectivity index (χ1v) is 3.99. The lowest BCUT2D eigenvalue weighted by molar-refractivity contribution is -0.141. The molecule has 1 atom stereocenters. The van der Waals surface area contributed by atoms with E-state index in [4.69, 9.17) is 0 Å². The van der Waals surface area contributed by atoms with Crippen LogP contribution in [0, 0.1) is 0 Å². The molecule has 6 heteroatoms. The quantitative estimate of drug-likeness (QED) is 0.332. The Morgan fingerprint density at radius 2 is 2.18 bits per heavy atom. The number of hydrogen-bond acceptors (Lipinski definition) is 5. The lowest BCUT2D eigenvalue weighted by Gasteiger charge is -2.04. The van der Waals surface area contributed by atoms with Gasteiger partial charge in [0.25, 0.3) is 0 Å². The summed E-state index contributed by atoms with van der Waals surface area (Å²) in [6.07, 6.45) is 0.383. The molecule has 0 aromatic carbocycles. The minimum absolute atomic E-state index is 0.0450.